The number of nitrogens with zero attached hydrogens (tertiary/aromatic N) is 3. The Hall–Kier alpha value is -2.41. The van der Waals surface area contributed by atoms with Crippen molar-refractivity contribution < 1.29 is 14.3 Å². The number of carbonyl (C=O) groups is 1. The zero-order valence-electron chi connectivity index (χ0n) is 13.5. The van der Waals surface area contributed by atoms with Crippen molar-refractivity contribution in [1.82, 2.24) is 14.9 Å². The van der Waals surface area contributed by atoms with Crippen molar-refractivity contribution in [2.75, 3.05) is 11.9 Å². The first-order valence-electron chi connectivity index (χ1n) is 8.03. The number of alkyl halides is 1. The van der Waals surface area contributed by atoms with E-state index >= 15 is 0 Å². The number of piperidine rings is 1. The monoisotopic (exact) mass is 364 g/mol. The summed E-state index contributed by atoms with van der Waals surface area (Å²) in [6.45, 7) is -0.215. The molecular weight excluding hydrogens is 347 g/mol. The molecule has 1 fully saturated rings. The van der Waals surface area contributed by atoms with E-state index in [9.17, 15) is 14.3 Å². The molecule has 1 aliphatic rings. The minimum absolute atomic E-state index is 0.0577. The molecule has 8 heteroatoms. The molecule has 0 spiro atoms. The van der Waals surface area contributed by atoms with Gasteiger partial charge in [0.1, 0.15) is 11.8 Å². The van der Waals surface area contributed by atoms with Gasteiger partial charge in [0, 0.05) is 24.0 Å². The van der Waals surface area contributed by atoms with Gasteiger partial charge in [0.2, 0.25) is 5.95 Å². The number of halogens is 2. The van der Waals surface area contributed by atoms with Gasteiger partial charge in [0.15, 0.2) is 0 Å². The minimum Gasteiger partial charge on any atom is -0.465 e. The van der Waals surface area contributed by atoms with E-state index in [2.05, 4.69) is 15.3 Å². The van der Waals surface area contributed by atoms with E-state index in [1.807, 2.05) is 24.3 Å². The third-order valence-electron chi connectivity index (χ3n) is 4.27. The molecular formula is C17H18ClFN4O2. The van der Waals surface area contributed by atoms with Crippen LogP contribution < -0.4 is 5.32 Å². The Balaban J connectivity index is 1.90. The number of hydrogen-bond donors (Lipinski definition) is 2. The largest absolute Gasteiger partial charge is 0.465 e. The molecule has 1 amide bonds. The summed E-state index contributed by atoms with van der Waals surface area (Å²) in [5.74, 6) is 0.243. The molecule has 2 N–H and O–H groups in total. The van der Waals surface area contributed by atoms with Crippen LogP contribution in [0.15, 0.2) is 30.5 Å². The van der Waals surface area contributed by atoms with Crippen molar-refractivity contribution in [3.8, 4) is 0 Å². The fourth-order valence-corrected chi connectivity index (χ4v) is 3.22. The number of amides is 1. The lowest BCUT2D eigenvalue weighted by Crippen LogP contribution is -2.37. The number of likely N-dealkylation sites (tertiary alicyclic amines) is 1. The Bertz CT molecular complexity index is 774. The average Bonchev–Trinajstić information content (AvgIpc) is 2.62. The summed E-state index contributed by atoms with van der Waals surface area (Å²) in [7, 11) is 0. The Labute approximate surface area is 149 Å². The maximum Gasteiger partial charge on any atom is 0.407 e. The van der Waals surface area contributed by atoms with Crippen LogP contribution in [-0.2, 0) is 6.67 Å². The molecule has 132 valence electrons. The van der Waals surface area contributed by atoms with Gasteiger partial charge in [-0.3, -0.25) is 0 Å². The molecule has 25 heavy (non-hydrogen) atoms. The van der Waals surface area contributed by atoms with Gasteiger partial charge in [-0.2, -0.15) is 0 Å². The van der Waals surface area contributed by atoms with Crippen LogP contribution in [0.5, 0.6) is 0 Å². The quantitative estimate of drug-likeness (QED) is 0.778. The van der Waals surface area contributed by atoms with E-state index in [0.29, 0.717) is 12.2 Å². The van der Waals surface area contributed by atoms with Crippen molar-refractivity contribution in [3.05, 3.63) is 46.7 Å². The van der Waals surface area contributed by atoms with Crippen LogP contribution in [0.1, 0.15) is 36.4 Å². The predicted molar refractivity (Wildman–Crippen MR) is 92.9 cm³/mol. The summed E-state index contributed by atoms with van der Waals surface area (Å²) in [6.07, 6.45) is 3.00. The maximum atomic E-state index is 12.7. The molecule has 6 nitrogen and oxygen atoms in total. The second-order valence-electron chi connectivity index (χ2n) is 5.84. The topological polar surface area (TPSA) is 78.4 Å². The predicted octanol–water partition coefficient (Wildman–Crippen LogP) is 4.55. The lowest BCUT2D eigenvalue weighted by molar-refractivity contribution is 0.107. The van der Waals surface area contributed by atoms with Gasteiger partial charge in [-0.05, 0) is 30.9 Å². The first-order chi connectivity index (χ1) is 12.1. The molecule has 0 saturated carbocycles. The number of hydrogen-bond acceptors (Lipinski definition) is 4. The number of nitrogens with one attached hydrogen (secondary N) is 1. The van der Waals surface area contributed by atoms with Gasteiger partial charge in [-0.1, -0.05) is 29.8 Å². The van der Waals surface area contributed by atoms with Crippen LogP contribution >= 0.6 is 11.6 Å². The Kier molecular flexibility index (Phi) is 5.33. The SMILES string of the molecule is O=C(O)N1CCCCC1c1ccccc1Nc1ncc(CF)c(Cl)n1. The highest BCUT2D eigenvalue weighted by molar-refractivity contribution is 6.30. The zero-order valence-corrected chi connectivity index (χ0v) is 14.2. The van der Waals surface area contributed by atoms with Crippen LogP contribution in [0, 0.1) is 0 Å². The van der Waals surface area contributed by atoms with Gasteiger partial charge in [-0.25, -0.2) is 19.2 Å². The van der Waals surface area contributed by atoms with Crippen LogP contribution in [0.2, 0.25) is 5.15 Å². The molecule has 1 aromatic heterocycles. The lowest BCUT2D eigenvalue weighted by atomic mass is 9.94. The smallest absolute Gasteiger partial charge is 0.407 e. The summed E-state index contributed by atoms with van der Waals surface area (Å²) in [6, 6.07) is 7.22. The number of rotatable bonds is 4. The molecule has 1 aromatic carbocycles. The highest BCUT2D eigenvalue weighted by Gasteiger charge is 2.29. The summed E-state index contributed by atoms with van der Waals surface area (Å²) in [4.78, 5) is 21.1. The maximum absolute atomic E-state index is 12.7. The fourth-order valence-electron chi connectivity index (χ4n) is 3.04. The van der Waals surface area contributed by atoms with Crippen LogP contribution in [-0.4, -0.2) is 32.6 Å². The van der Waals surface area contributed by atoms with E-state index in [-0.39, 0.29) is 22.7 Å². The Morgan fingerprint density at radius 1 is 1.40 bits per heavy atom. The molecule has 3 rings (SSSR count). The number of para-hydroxylation sites is 1. The molecule has 1 aliphatic heterocycles. The number of carboxylic acid groups (broad SMARTS) is 1. The van der Waals surface area contributed by atoms with E-state index in [1.54, 1.807) is 0 Å². The van der Waals surface area contributed by atoms with E-state index in [0.717, 1.165) is 24.8 Å². The zero-order chi connectivity index (χ0) is 17.8. The van der Waals surface area contributed by atoms with E-state index < -0.39 is 12.8 Å². The second kappa shape index (κ2) is 7.65. The minimum atomic E-state index is -0.925. The molecule has 1 saturated heterocycles. The summed E-state index contributed by atoms with van der Waals surface area (Å²) in [5, 5.41) is 12.6. The molecule has 0 radical (unpaired) electrons. The van der Waals surface area contributed by atoms with Gasteiger partial charge >= 0.3 is 6.09 Å². The summed E-state index contributed by atoms with van der Waals surface area (Å²) >= 11 is 5.93. The van der Waals surface area contributed by atoms with E-state index in [4.69, 9.17) is 11.6 Å². The van der Waals surface area contributed by atoms with Crippen molar-refractivity contribution in [3.63, 3.8) is 0 Å². The third kappa shape index (κ3) is 3.82. The number of anilines is 2. The van der Waals surface area contributed by atoms with Gasteiger partial charge in [0.25, 0.3) is 0 Å². The van der Waals surface area contributed by atoms with Gasteiger partial charge < -0.3 is 15.3 Å². The average molecular weight is 365 g/mol. The highest BCUT2D eigenvalue weighted by atomic mass is 35.5. The molecule has 0 bridgehead atoms. The van der Waals surface area contributed by atoms with Gasteiger partial charge in [-0.15, -0.1) is 0 Å². The standard InChI is InChI=1S/C17H18ClFN4O2/c18-15-11(9-19)10-20-16(22-15)21-13-6-2-1-5-12(13)14-7-3-4-8-23(14)17(24)25/h1-2,5-6,10,14H,3-4,7-9H2,(H,24,25)(H,20,21,22). The molecule has 0 aliphatic carbocycles. The Morgan fingerprint density at radius 2 is 2.20 bits per heavy atom. The molecule has 1 unspecified atom stereocenters. The number of benzene rings is 1. The third-order valence-corrected chi connectivity index (χ3v) is 4.60. The van der Waals surface area contributed by atoms with Crippen molar-refractivity contribution >= 4 is 29.3 Å². The first kappa shape index (κ1) is 17.4. The first-order valence-corrected chi connectivity index (χ1v) is 8.41. The highest BCUT2D eigenvalue weighted by Crippen LogP contribution is 2.35. The van der Waals surface area contributed by atoms with E-state index in [1.165, 1.54) is 11.1 Å². The Morgan fingerprint density at radius 3 is 2.92 bits per heavy atom. The lowest BCUT2D eigenvalue weighted by Gasteiger charge is -2.34. The summed E-state index contributed by atoms with van der Waals surface area (Å²) in [5.41, 5.74) is 1.80. The molecule has 2 aromatic rings. The fraction of sp³-hybridized carbons (Fsp3) is 0.353. The van der Waals surface area contributed by atoms with Crippen molar-refractivity contribution in [1.29, 1.82) is 0 Å². The molecule has 2 heterocycles. The van der Waals surface area contributed by atoms with Crippen molar-refractivity contribution in [2.24, 2.45) is 0 Å². The summed E-state index contributed by atoms with van der Waals surface area (Å²) < 4.78 is 12.7. The van der Waals surface area contributed by atoms with Crippen molar-refractivity contribution in [2.45, 2.75) is 32.0 Å². The van der Waals surface area contributed by atoms with Crippen LogP contribution in [0.25, 0.3) is 0 Å². The molecule has 1 atom stereocenters. The normalized spacial score (nSPS) is 17.4. The number of aromatic nitrogens is 2. The van der Waals surface area contributed by atoms with Crippen LogP contribution in [0.4, 0.5) is 20.8 Å². The van der Waals surface area contributed by atoms with Gasteiger partial charge in [0.05, 0.1) is 6.04 Å². The van der Waals surface area contributed by atoms with Crippen LogP contribution in [0.3, 0.4) is 0 Å². The second-order valence-corrected chi connectivity index (χ2v) is 6.20.